The van der Waals surface area contributed by atoms with E-state index in [1.165, 1.54) is 6.33 Å². The van der Waals surface area contributed by atoms with Crippen LogP contribution in [0.4, 0.5) is 5.82 Å². The predicted octanol–water partition coefficient (Wildman–Crippen LogP) is 2.57. The number of hydrogen-bond acceptors (Lipinski definition) is 9. The third kappa shape index (κ3) is 6.01. The predicted molar refractivity (Wildman–Crippen MR) is 140 cm³/mol. The van der Waals surface area contributed by atoms with Crippen LogP contribution in [0, 0.1) is 0 Å². The summed E-state index contributed by atoms with van der Waals surface area (Å²) in [4.78, 5) is 27.9. The Kier molecular flexibility index (Phi) is 8.15. The average molecular weight is 549 g/mol. The van der Waals surface area contributed by atoms with Crippen molar-refractivity contribution in [3.8, 4) is 0 Å². The number of carbonyl (C=O) groups excluding carboxylic acids is 1. The fourth-order valence-electron chi connectivity index (χ4n) is 4.42. The van der Waals surface area contributed by atoms with Crippen LogP contribution in [0.15, 0.2) is 43.0 Å². The van der Waals surface area contributed by atoms with Gasteiger partial charge in [-0.3, -0.25) is 13.9 Å². The highest BCUT2D eigenvalue weighted by molar-refractivity contribution is 7.83. The van der Waals surface area contributed by atoms with Crippen molar-refractivity contribution in [3.05, 3.63) is 48.5 Å². The van der Waals surface area contributed by atoms with E-state index in [1.54, 1.807) is 39.8 Å². The van der Waals surface area contributed by atoms with E-state index in [4.69, 9.17) is 20.5 Å². The van der Waals surface area contributed by atoms with Gasteiger partial charge in [-0.15, -0.1) is 0 Å². The van der Waals surface area contributed by atoms with Crippen molar-refractivity contribution in [2.45, 2.75) is 19.3 Å². The van der Waals surface area contributed by atoms with Crippen LogP contribution in [-0.2, 0) is 13.8 Å². The molecule has 198 valence electrons. The summed E-state index contributed by atoms with van der Waals surface area (Å²) in [6.07, 6.45) is 2.16. The van der Waals surface area contributed by atoms with Crippen LogP contribution in [-0.4, -0.2) is 93.5 Å². The van der Waals surface area contributed by atoms with Gasteiger partial charge in [0.25, 0.3) is 5.91 Å². The summed E-state index contributed by atoms with van der Waals surface area (Å²) in [5.41, 5.74) is 1.48. The minimum atomic E-state index is -3.45. The number of amides is 1. The lowest BCUT2D eigenvalue weighted by Gasteiger charge is -2.36. The summed E-state index contributed by atoms with van der Waals surface area (Å²) >= 11 is 6.34. The Morgan fingerprint density at radius 3 is 2.73 bits per heavy atom. The molecular weight excluding hydrogens is 519 g/mol. The molecular formula is C23H30ClN8O4P. The van der Waals surface area contributed by atoms with Crippen LogP contribution in [0.1, 0.15) is 23.5 Å². The first kappa shape index (κ1) is 26.2. The molecule has 0 spiro atoms. The fourth-order valence-corrected chi connectivity index (χ4v) is 6.21. The minimum Gasteiger partial charge on any atom is -0.350 e. The molecule has 3 aromatic rings. The third-order valence-corrected chi connectivity index (χ3v) is 9.01. The topological polar surface area (TPSA) is 127 Å². The molecule has 0 aliphatic carbocycles. The summed E-state index contributed by atoms with van der Waals surface area (Å²) in [6, 6.07) is 8.88. The van der Waals surface area contributed by atoms with Gasteiger partial charge in [0.15, 0.2) is 17.0 Å². The molecule has 1 unspecified atom stereocenters. The van der Waals surface area contributed by atoms with Gasteiger partial charge < -0.3 is 24.8 Å². The van der Waals surface area contributed by atoms with Crippen molar-refractivity contribution in [2.24, 2.45) is 0 Å². The number of anilines is 1. The number of likely N-dealkylation sites (N-methyl/N-ethyl adjacent to an activating group) is 1. The Morgan fingerprint density at radius 2 is 1.97 bits per heavy atom. The highest BCUT2D eigenvalue weighted by Crippen LogP contribution is 2.56. The number of fused-ring (bicyclic) bond motifs is 1. The van der Waals surface area contributed by atoms with Crippen molar-refractivity contribution in [3.63, 3.8) is 0 Å². The van der Waals surface area contributed by atoms with Crippen LogP contribution >= 0.6 is 18.1 Å². The number of aromatic nitrogens is 4. The summed E-state index contributed by atoms with van der Waals surface area (Å²) < 4.78 is 28.5. The molecule has 4 heterocycles. The molecule has 14 heteroatoms. The molecule has 2 aliphatic rings. The first-order chi connectivity index (χ1) is 17.9. The zero-order chi connectivity index (χ0) is 25.8. The van der Waals surface area contributed by atoms with Gasteiger partial charge in [0.1, 0.15) is 12.6 Å². The molecule has 1 amide bonds. The molecule has 2 aromatic heterocycles. The Hall–Kier alpha value is -2.44. The second kappa shape index (κ2) is 11.5. The number of halogens is 1. The molecule has 1 aromatic carbocycles. The number of nitrogens with one attached hydrogen (secondary N) is 2. The minimum absolute atomic E-state index is 0.0816. The van der Waals surface area contributed by atoms with E-state index in [-0.39, 0.29) is 18.6 Å². The second-order valence-corrected chi connectivity index (χ2v) is 11.9. The van der Waals surface area contributed by atoms with E-state index in [9.17, 15) is 9.36 Å². The lowest BCUT2D eigenvalue weighted by Crippen LogP contribution is -2.46. The van der Waals surface area contributed by atoms with Gasteiger partial charge in [-0.2, -0.15) is 0 Å². The number of benzene rings is 1. The first-order valence-electron chi connectivity index (χ1n) is 12.3. The Balaban J connectivity index is 1.23. The van der Waals surface area contributed by atoms with E-state index in [0.717, 1.165) is 19.6 Å². The van der Waals surface area contributed by atoms with E-state index >= 15 is 0 Å². The molecule has 0 bridgehead atoms. The number of imidazole rings is 1. The van der Waals surface area contributed by atoms with Gasteiger partial charge in [-0.1, -0.05) is 25.1 Å². The summed E-state index contributed by atoms with van der Waals surface area (Å²) in [6.45, 7) is 3.55. The smallest absolute Gasteiger partial charge is 0.350 e. The monoisotopic (exact) mass is 548 g/mol. The molecule has 12 nitrogen and oxygen atoms in total. The zero-order valence-electron chi connectivity index (χ0n) is 20.5. The summed E-state index contributed by atoms with van der Waals surface area (Å²) in [5.74, 6) is 0.0251. The standard InChI is InChI=1S/C23H30ClN8O4P/c1-2-30-8-10-31(11-9-30)37(24,34)35-14-18-12-25-13-19(36-18)32-16-28-20-21(26-15-27-22(20)32)29-23(33)17-6-4-3-5-7-17/h3-7,15-16,18-19,25H,2,8-14H2,1H3,(H,26,27,29,33)/t18-,19-,37?/m0/s1. The second-order valence-electron chi connectivity index (χ2n) is 8.87. The molecule has 2 aliphatic heterocycles. The maximum Gasteiger partial charge on any atom is 0.363 e. The zero-order valence-corrected chi connectivity index (χ0v) is 22.1. The van der Waals surface area contributed by atoms with Crippen molar-refractivity contribution < 1.29 is 18.6 Å². The highest BCUT2D eigenvalue weighted by Gasteiger charge is 2.34. The maximum atomic E-state index is 13.0. The first-order valence-corrected chi connectivity index (χ1v) is 14.7. The van der Waals surface area contributed by atoms with Gasteiger partial charge in [-0.25, -0.2) is 19.6 Å². The normalized spacial score (nSPS) is 23.1. The molecule has 0 radical (unpaired) electrons. The molecule has 37 heavy (non-hydrogen) atoms. The van der Waals surface area contributed by atoms with Crippen molar-refractivity contribution in [1.29, 1.82) is 0 Å². The molecule has 2 saturated heterocycles. The third-order valence-electron chi connectivity index (χ3n) is 6.53. The molecule has 5 rings (SSSR count). The maximum absolute atomic E-state index is 13.0. The Bertz CT molecular complexity index is 1270. The van der Waals surface area contributed by atoms with E-state index in [0.29, 0.717) is 48.7 Å². The van der Waals surface area contributed by atoms with Crippen molar-refractivity contribution >= 4 is 41.0 Å². The molecule has 0 saturated carbocycles. The van der Waals surface area contributed by atoms with E-state index in [1.807, 2.05) is 6.07 Å². The Morgan fingerprint density at radius 1 is 1.19 bits per heavy atom. The summed E-state index contributed by atoms with van der Waals surface area (Å²) in [5, 5.41) is 6.12. The number of carbonyl (C=O) groups is 1. The van der Waals surface area contributed by atoms with Crippen molar-refractivity contribution in [2.75, 3.05) is 57.7 Å². The number of hydrogen-bond donors (Lipinski definition) is 2. The van der Waals surface area contributed by atoms with Gasteiger partial charge in [0.2, 0.25) is 0 Å². The molecule has 2 N–H and O–H groups in total. The largest absolute Gasteiger partial charge is 0.363 e. The summed E-state index contributed by atoms with van der Waals surface area (Å²) in [7, 11) is 0. The number of nitrogens with zero attached hydrogens (tertiary/aromatic N) is 6. The van der Waals surface area contributed by atoms with E-state index in [2.05, 4.69) is 37.4 Å². The van der Waals surface area contributed by atoms with Crippen molar-refractivity contribution in [1.82, 2.24) is 34.4 Å². The van der Waals surface area contributed by atoms with E-state index < -0.39 is 13.1 Å². The van der Waals surface area contributed by atoms with Crippen LogP contribution in [0.3, 0.4) is 0 Å². The van der Waals surface area contributed by atoms with Crippen LogP contribution in [0.2, 0.25) is 0 Å². The lowest BCUT2D eigenvalue weighted by molar-refractivity contribution is -0.0898. The molecule has 2 fully saturated rings. The number of morpholine rings is 1. The van der Waals surface area contributed by atoms with Gasteiger partial charge in [-0.05, 0) is 29.9 Å². The Labute approximate surface area is 219 Å². The fraction of sp³-hybridized carbons (Fsp3) is 0.478. The average Bonchev–Trinajstić information content (AvgIpc) is 3.38. The quantitative estimate of drug-likeness (QED) is 0.405. The number of rotatable bonds is 8. The number of piperazine rings is 1. The van der Waals surface area contributed by atoms with Gasteiger partial charge in [0.05, 0.1) is 19.0 Å². The van der Waals surface area contributed by atoms with Gasteiger partial charge >= 0.3 is 6.87 Å². The van der Waals surface area contributed by atoms with Crippen LogP contribution in [0.5, 0.6) is 0 Å². The highest BCUT2D eigenvalue weighted by atomic mass is 35.7. The SMILES string of the molecule is CCN1CCN(P(=O)(Cl)OC[C@@H]2CNC[C@@H](n3cnc4c(NC(=O)c5ccccc5)ncnc43)O2)CC1. The van der Waals surface area contributed by atoms with Crippen LogP contribution < -0.4 is 10.6 Å². The number of ether oxygens (including phenoxy) is 1. The van der Waals surface area contributed by atoms with Gasteiger partial charge in [0, 0.05) is 44.8 Å². The van der Waals surface area contributed by atoms with Crippen LogP contribution in [0.25, 0.3) is 11.2 Å². The molecule has 3 atom stereocenters. The lowest BCUT2D eigenvalue weighted by atomic mass is 10.2.